The zero-order chi connectivity index (χ0) is 103. The Hall–Kier alpha value is -6.56. The molecule has 2 aromatic heterocycles. The highest BCUT2D eigenvalue weighted by Crippen LogP contribution is 2.50. The number of ether oxygens (including phenoxy) is 8. The number of aliphatic imine (C=N–C) groups is 4. The van der Waals surface area contributed by atoms with Gasteiger partial charge in [-0.3, -0.25) is 8.47 Å². The lowest BCUT2D eigenvalue weighted by atomic mass is 10.1. The molecule has 19 heteroatoms. The molecule has 0 amide bonds. The van der Waals surface area contributed by atoms with Gasteiger partial charge in [0.15, 0.2) is 69.3 Å². The minimum Gasteiger partial charge on any atom is -0.490 e. The van der Waals surface area contributed by atoms with Crippen LogP contribution in [0.3, 0.4) is 0 Å². The van der Waals surface area contributed by atoms with Crippen LogP contribution in [0.15, 0.2) is 78.5 Å². The van der Waals surface area contributed by atoms with Crippen molar-refractivity contribution in [3.05, 3.63) is 81.8 Å². The normalized spacial score (nSPS) is 13.2. The molecule has 0 aliphatic carbocycles. The molecule has 0 radical (unpaired) electrons. The van der Waals surface area contributed by atoms with Crippen molar-refractivity contribution < 1.29 is 37.9 Å². The molecule has 0 spiro atoms. The first kappa shape index (κ1) is 122. The second kappa shape index (κ2) is 76.1. The Morgan fingerprint density at radius 2 is 0.313 bits per heavy atom. The average Bonchev–Trinajstić information content (AvgIpc) is 1.53. The van der Waals surface area contributed by atoms with E-state index in [0.717, 1.165) is 147 Å². The monoisotopic (exact) mass is 2080 g/mol. The molecule has 0 unspecified atom stereocenters. The van der Waals surface area contributed by atoms with Crippen molar-refractivity contribution in [2.24, 2.45) is 30.0 Å². The zero-order valence-electron chi connectivity index (χ0n) is 94.9. The fraction of sp³-hybridized carbons (Fsp3) is 0.750. The van der Waals surface area contributed by atoms with Crippen LogP contribution in [-0.4, -0.2) is 91.7 Å². The molecule has 16 nitrogen and oxygen atoms in total. The van der Waals surface area contributed by atoms with Gasteiger partial charge in [0.05, 0.1) is 52.9 Å². The Morgan fingerprint density at radius 1 is 0.170 bits per heavy atom. The molecule has 4 aliphatic rings. The second-order valence-electron chi connectivity index (χ2n) is 44.1. The Balaban J connectivity index is 1.19. The largest absolute Gasteiger partial charge is 0.490 e. The summed E-state index contributed by atoms with van der Waals surface area (Å²) in [7, 11) is -4.62. The first-order valence-corrected chi connectivity index (χ1v) is 66.5. The maximum Gasteiger partial charge on any atom is 0.483 e. The summed E-state index contributed by atoms with van der Waals surface area (Å²) in [5.74, 6) is 7.85. The number of fused-ring (bicyclic) bond motifs is 14. The van der Waals surface area contributed by atoms with Crippen molar-refractivity contribution in [2.75, 3.05) is 52.9 Å². The molecule has 0 fully saturated rings. The summed E-state index contributed by atoms with van der Waals surface area (Å²) in [6.45, 7) is 22.6. The van der Waals surface area contributed by atoms with Crippen LogP contribution in [0.4, 0.5) is 11.6 Å². The van der Waals surface area contributed by atoms with Crippen LogP contribution in [0.1, 0.15) is 591 Å². The molecule has 826 valence electrons. The van der Waals surface area contributed by atoms with Crippen LogP contribution in [0.2, 0.25) is 0 Å². The Kier molecular flexibility index (Phi) is 63.3. The SMILES string of the molecule is CCCCCCCCCCCCOc1cc2c(cc1OCCCCCCCCCCCC)C1=Nc3c4cc(OCCCCCCCCCCCC)c(OCCCCCCCCCCCC)cc4c4n3[Si](Cl)(Cl)n3c(c5cc(OCCCCCCCCCCCC)c(OCCCCCCCCCCCC)cc5c3=NC3=NC(=N4)c4cc(OCCCCCCCCCCCC)c(OCCCCCCCCCCCC)cc43)=NC2=N1. The maximum absolute atomic E-state index is 9.12. The molecular weight excluding hydrogens is 1880 g/mol. The summed E-state index contributed by atoms with van der Waals surface area (Å²) >= 11 is 18.2. The first-order valence-electron chi connectivity index (χ1n) is 62.6. The van der Waals surface area contributed by atoms with Crippen molar-refractivity contribution in [3.63, 3.8) is 0 Å². The molecule has 4 aromatic carbocycles. The number of nitrogens with zero attached hydrogens (tertiary/aromatic N) is 8. The van der Waals surface area contributed by atoms with Gasteiger partial charge in [-0.15, -0.1) is 0 Å². The number of hydrogen-bond acceptors (Lipinski definition) is 14. The molecule has 10 rings (SSSR count). The minimum atomic E-state index is -4.62. The van der Waals surface area contributed by atoms with E-state index >= 15 is 0 Å². The highest BCUT2D eigenvalue weighted by molar-refractivity contribution is 7.44. The quantitative estimate of drug-likeness (QED) is 0.0207. The average molecular weight is 2090 g/mol. The lowest BCUT2D eigenvalue weighted by Crippen LogP contribution is -2.51. The lowest BCUT2D eigenvalue weighted by molar-refractivity contribution is 0.258. The van der Waals surface area contributed by atoms with E-state index in [9.17, 15) is 0 Å². The molecule has 0 N–H and O–H groups in total. The van der Waals surface area contributed by atoms with E-state index in [1.165, 1.54) is 411 Å². The Bertz CT molecular complexity index is 4550. The van der Waals surface area contributed by atoms with Gasteiger partial charge in [0, 0.05) is 43.8 Å². The van der Waals surface area contributed by atoms with E-state index in [0.29, 0.717) is 145 Å². The standard InChI is InChI=1S/C128H208Cl2N8O8Si/c1-9-17-25-33-41-49-57-65-73-81-89-139-113-97-105-106(98-114(113)140-90-82-74-66-58-50-42-34-26-18-10-2)122-131-121(105)133-125-109-101-117(143-93-85-77-69-61-53-45-37-29-21-13-5)118(144-94-86-78-70-62-54-46-38-30-22-14-6)102-110(109)127-135-123-107-99-115(141-91-83-75-67-59-51-43-35-27-19-11-3)116(142-92-84-76-68-60-52-44-36-28-20-12-4)100-108(107)124(132-123)136-128-112-104-120(146-96-88-80-72-64-56-48-40-32-24-16-8)119(145-95-87-79-71-63-55-47-39-31-23-15-7)103-111(112)126(134-122)138(128)147(129,130)137(125)127/h97-104H,9-96H2,1-8H3. The summed E-state index contributed by atoms with van der Waals surface area (Å²) in [5.41, 5.74) is 3.96. The Labute approximate surface area is 905 Å². The zero-order valence-corrected chi connectivity index (χ0v) is 97.5. The van der Waals surface area contributed by atoms with Gasteiger partial charge in [0.25, 0.3) is 0 Å². The summed E-state index contributed by atoms with van der Waals surface area (Å²) in [6, 6.07) is 17.1. The predicted molar refractivity (Wildman–Crippen MR) is 632 cm³/mol. The van der Waals surface area contributed by atoms with Crippen LogP contribution >= 0.6 is 22.2 Å². The van der Waals surface area contributed by atoms with Crippen LogP contribution in [-0.2, 0) is 0 Å². The number of amidine groups is 4. The minimum absolute atomic E-state index is 0.437. The topological polar surface area (TPSA) is 158 Å². The van der Waals surface area contributed by atoms with Crippen molar-refractivity contribution >= 4 is 85.7 Å². The van der Waals surface area contributed by atoms with Gasteiger partial charge in [0.1, 0.15) is 22.6 Å². The molecule has 0 saturated heterocycles. The van der Waals surface area contributed by atoms with Gasteiger partial charge in [-0.2, -0.15) is 0 Å². The first-order chi connectivity index (χ1) is 72.6. The van der Waals surface area contributed by atoms with Crippen molar-refractivity contribution in [2.45, 2.75) is 569 Å². The van der Waals surface area contributed by atoms with Gasteiger partial charge in [-0.25, -0.2) is 30.0 Å². The molecular formula is C128H208Cl2N8O8Si. The van der Waals surface area contributed by atoms with Gasteiger partial charge in [0.2, 0.25) is 0 Å². The van der Waals surface area contributed by atoms with E-state index < -0.39 is 7.02 Å². The predicted octanol–water partition coefficient (Wildman–Crippen LogP) is 40.2. The van der Waals surface area contributed by atoms with Gasteiger partial charge >= 0.3 is 7.02 Å². The molecule has 4 aliphatic heterocycles. The second-order valence-corrected chi connectivity index (χ2v) is 49.7. The van der Waals surface area contributed by atoms with Crippen molar-refractivity contribution in [1.29, 1.82) is 0 Å². The number of halogens is 2. The van der Waals surface area contributed by atoms with Gasteiger partial charge in [-0.05, 0) is 99.9 Å². The molecule has 0 atom stereocenters. The van der Waals surface area contributed by atoms with Crippen molar-refractivity contribution in [1.82, 2.24) is 8.47 Å². The van der Waals surface area contributed by atoms with E-state index in [4.69, 9.17) is 90.0 Å². The number of aromatic nitrogens is 2. The third-order valence-corrected chi connectivity index (χ3v) is 34.9. The molecule has 6 bridgehead atoms. The van der Waals surface area contributed by atoms with E-state index in [1.54, 1.807) is 0 Å². The maximum atomic E-state index is 9.12. The molecule has 0 saturated carbocycles. The van der Waals surface area contributed by atoms with Crippen LogP contribution in [0.5, 0.6) is 46.0 Å². The summed E-state index contributed by atoms with van der Waals surface area (Å²) in [4.78, 5) is 35.5. The molecule has 6 heterocycles. The molecule has 6 aromatic rings. The number of hydrogen-bond donors (Lipinski definition) is 0. The third-order valence-electron chi connectivity index (χ3n) is 31.0. The lowest BCUT2D eigenvalue weighted by Gasteiger charge is -2.24. The highest BCUT2D eigenvalue weighted by Gasteiger charge is 2.46. The van der Waals surface area contributed by atoms with Crippen LogP contribution in [0.25, 0.3) is 21.5 Å². The highest BCUT2D eigenvalue weighted by atomic mass is 35.7. The Morgan fingerprint density at radius 3 is 0.483 bits per heavy atom. The number of benzene rings is 4. The molecule has 147 heavy (non-hydrogen) atoms. The summed E-state index contributed by atoms with van der Waals surface area (Å²) < 4.78 is 61.6. The van der Waals surface area contributed by atoms with Gasteiger partial charge < -0.3 is 37.9 Å². The van der Waals surface area contributed by atoms with Crippen molar-refractivity contribution in [3.8, 4) is 46.0 Å². The van der Waals surface area contributed by atoms with Crippen LogP contribution in [0, 0.1) is 0 Å². The number of rotatable bonds is 96. The number of unbranched alkanes of at least 4 members (excludes halogenated alkanes) is 72. The summed E-state index contributed by atoms with van der Waals surface area (Å²) in [6.07, 6.45) is 97.8. The fourth-order valence-corrected chi connectivity index (χ4v) is 25.5. The smallest absolute Gasteiger partial charge is 0.483 e. The fourth-order valence-electron chi connectivity index (χ4n) is 21.7. The third kappa shape index (κ3) is 43.7. The van der Waals surface area contributed by atoms with E-state index in [2.05, 4.69) is 104 Å². The summed E-state index contributed by atoms with van der Waals surface area (Å²) in [5, 5.41) is 2.89. The van der Waals surface area contributed by atoms with Crippen LogP contribution < -0.4 is 48.9 Å². The van der Waals surface area contributed by atoms with E-state index in [-0.39, 0.29) is 0 Å². The van der Waals surface area contributed by atoms with E-state index in [1.807, 2.05) is 8.47 Å². The van der Waals surface area contributed by atoms with Gasteiger partial charge in [-0.1, -0.05) is 540 Å².